The van der Waals surface area contributed by atoms with Gasteiger partial charge in [0.2, 0.25) is 0 Å². The van der Waals surface area contributed by atoms with E-state index in [0.717, 1.165) is 12.8 Å². The minimum atomic E-state index is -0.526. The Labute approximate surface area is 174 Å². The van der Waals surface area contributed by atoms with Crippen LogP contribution in [0.15, 0.2) is 48.5 Å². The molecule has 0 radical (unpaired) electrons. The third-order valence-electron chi connectivity index (χ3n) is 4.42. The van der Waals surface area contributed by atoms with E-state index in [4.69, 9.17) is 9.47 Å². The molecule has 2 aromatic carbocycles. The number of benzene rings is 2. The van der Waals surface area contributed by atoms with Crippen molar-refractivity contribution >= 4 is 11.9 Å². The lowest BCUT2D eigenvalue weighted by Crippen LogP contribution is -2.22. The molecule has 0 aliphatic rings. The molecule has 0 aromatic heterocycles. The van der Waals surface area contributed by atoms with Gasteiger partial charge in [0.25, 0.3) is 0 Å². The van der Waals surface area contributed by atoms with Gasteiger partial charge in [0.1, 0.15) is 12.7 Å². The summed E-state index contributed by atoms with van der Waals surface area (Å²) in [5, 5.41) is 0. The standard InChI is InChI=1S/C25H32O4/c1-17(2)14-20-6-10-22(11-7-20)24(26)28-16-19(5)29-25(27)23-12-8-21(9-13-23)15-18(3)4/h6-13,17-19H,14-16H2,1-5H3. The third kappa shape index (κ3) is 7.72. The molecule has 1 unspecified atom stereocenters. The van der Waals surface area contributed by atoms with Crippen LogP contribution in [-0.2, 0) is 22.3 Å². The molecule has 0 fully saturated rings. The van der Waals surface area contributed by atoms with Crippen LogP contribution in [0.4, 0.5) is 0 Å². The summed E-state index contributed by atoms with van der Waals surface area (Å²) in [7, 11) is 0. The van der Waals surface area contributed by atoms with Crippen molar-refractivity contribution in [3.63, 3.8) is 0 Å². The van der Waals surface area contributed by atoms with Crippen LogP contribution >= 0.6 is 0 Å². The second kappa shape index (κ2) is 10.8. The zero-order chi connectivity index (χ0) is 21.4. The molecule has 0 N–H and O–H groups in total. The van der Waals surface area contributed by atoms with E-state index in [1.165, 1.54) is 11.1 Å². The number of carbonyl (C=O) groups excluding carboxylic acids is 2. The zero-order valence-corrected chi connectivity index (χ0v) is 18.1. The maximum absolute atomic E-state index is 12.3. The lowest BCUT2D eigenvalue weighted by atomic mass is 10.0. The highest BCUT2D eigenvalue weighted by atomic mass is 16.6. The van der Waals surface area contributed by atoms with Crippen molar-refractivity contribution in [2.24, 2.45) is 11.8 Å². The van der Waals surface area contributed by atoms with Crippen LogP contribution in [0.3, 0.4) is 0 Å². The maximum atomic E-state index is 12.3. The Kier molecular flexibility index (Phi) is 8.44. The van der Waals surface area contributed by atoms with Crippen molar-refractivity contribution in [1.82, 2.24) is 0 Å². The van der Waals surface area contributed by atoms with Gasteiger partial charge in [-0.25, -0.2) is 9.59 Å². The molecule has 0 saturated carbocycles. The molecule has 4 nitrogen and oxygen atoms in total. The first-order valence-electron chi connectivity index (χ1n) is 10.3. The highest BCUT2D eigenvalue weighted by Crippen LogP contribution is 2.13. The highest BCUT2D eigenvalue weighted by molar-refractivity contribution is 5.90. The summed E-state index contributed by atoms with van der Waals surface area (Å²) >= 11 is 0. The average molecular weight is 397 g/mol. The number of rotatable bonds is 9. The SMILES string of the molecule is CC(C)Cc1ccc(C(=O)OCC(C)OC(=O)c2ccc(CC(C)C)cc2)cc1. The van der Waals surface area contributed by atoms with E-state index < -0.39 is 18.0 Å². The molecule has 0 amide bonds. The van der Waals surface area contributed by atoms with Gasteiger partial charge < -0.3 is 9.47 Å². The summed E-state index contributed by atoms with van der Waals surface area (Å²) in [6.07, 6.45) is 1.42. The Balaban J connectivity index is 1.81. The summed E-state index contributed by atoms with van der Waals surface area (Å²) in [5.74, 6) is 0.299. The molecular weight excluding hydrogens is 364 g/mol. The number of carbonyl (C=O) groups is 2. The first-order chi connectivity index (χ1) is 13.7. The van der Waals surface area contributed by atoms with Crippen molar-refractivity contribution in [3.8, 4) is 0 Å². The van der Waals surface area contributed by atoms with Crippen LogP contribution in [0.2, 0.25) is 0 Å². The second-order valence-electron chi connectivity index (χ2n) is 8.40. The lowest BCUT2D eigenvalue weighted by molar-refractivity contribution is 0.00448. The first-order valence-corrected chi connectivity index (χ1v) is 10.3. The Bertz CT molecular complexity index is 789. The van der Waals surface area contributed by atoms with Crippen molar-refractivity contribution < 1.29 is 19.1 Å². The van der Waals surface area contributed by atoms with Gasteiger partial charge in [0, 0.05) is 0 Å². The van der Waals surface area contributed by atoms with Gasteiger partial charge in [-0.05, 0) is 67.0 Å². The van der Waals surface area contributed by atoms with Gasteiger partial charge in [-0.1, -0.05) is 52.0 Å². The first kappa shape index (κ1) is 22.7. The zero-order valence-electron chi connectivity index (χ0n) is 18.1. The summed E-state index contributed by atoms with van der Waals surface area (Å²) in [5.41, 5.74) is 3.38. The number of hydrogen-bond acceptors (Lipinski definition) is 4. The minimum Gasteiger partial charge on any atom is -0.458 e. The van der Waals surface area contributed by atoms with E-state index in [1.54, 1.807) is 31.2 Å². The lowest BCUT2D eigenvalue weighted by Gasteiger charge is -2.14. The van der Waals surface area contributed by atoms with Crippen molar-refractivity contribution in [2.75, 3.05) is 6.61 Å². The van der Waals surface area contributed by atoms with E-state index in [2.05, 4.69) is 27.7 Å². The minimum absolute atomic E-state index is 0.0176. The molecule has 2 aromatic rings. The van der Waals surface area contributed by atoms with Gasteiger partial charge in [0.15, 0.2) is 0 Å². The smallest absolute Gasteiger partial charge is 0.338 e. The van der Waals surface area contributed by atoms with Crippen LogP contribution < -0.4 is 0 Å². The van der Waals surface area contributed by atoms with E-state index >= 15 is 0 Å². The summed E-state index contributed by atoms with van der Waals surface area (Å²) < 4.78 is 10.7. The van der Waals surface area contributed by atoms with Crippen molar-refractivity contribution in [1.29, 1.82) is 0 Å². The molecule has 4 heteroatoms. The summed E-state index contributed by atoms with van der Waals surface area (Å²) in [6, 6.07) is 14.9. The highest BCUT2D eigenvalue weighted by Gasteiger charge is 2.15. The van der Waals surface area contributed by atoms with E-state index in [0.29, 0.717) is 23.0 Å². The molecule has 0 spiro atoms. The van der Waals surface area contributed by atoms with Crippen LogP contribution in [-0.4, -0.2) is 24.6 Å². The Hall–Kier alpha value is -2.62. The molecule has 0 saturated heterocycles. The van der Waals surface area contributed by atoms with Gasteiger partial charge >= 0.3 is 11.9 Å². The fourth-order valence-corrected chi connectivity index (χ4v) is 3.06. The second-order valence-corrected chi connectivity index (χ2v) is 8.40. The molecule has 0 aliphatic heterocycles. The molecule has 29 heavy (non-hydrogen) atoms. The third-order valence-corrected chi connectivity index (χ3v) is 4.42. The number of hydrogen-bond donors (Lipinski definition) is 0. The van der Waals surface area contributed by atoms with Crippen LogP contribution in [0.1, 0.15) is 66.5 Å². The van der Waals surface area contributed by atoms with Gasteiger partial charge in [-0.15, -0.1) is 0 Å². The number of esters is 2. The maximum Gasteiger partial charge on any atom is 0.338 e. The molecule has 2 rings (SSSR count). The van der Waals surface area contributed by atoms with Crippen LogP contribution in [0.25, 0.3) is 0 Å². The molecule has 1 atom stereocenters. The molecule has 0 aliphatic carbocycles. The Morgan fingerprint density at radius 1 is 0.690 bits per heavy atom. The Morgan fingerprint density at radius 2 is 1.10 bits per heavy atom. The van der Waals surface area contributed by atoms with E-state index in [-0.39, 0.29) is 6.61 Å². The van der Waals surface area contributed by atoms with Crippen LogP contribution in [0.5, 0.6) is 0 Å². The fraction of sp³-hybridized carbons (Fsp3) is 0.440. The monoisotopic (exact) mass is 396 g/mol. The predicted octanol–water partition coefficient (Wildman–Crippen LogP) is 5.49. The van der Waals surface area contributed by atoms with Gasteiger partial charge in [-0.3, -0.25) is 0 Å². The summed E-state index contributed by atoms with van der Waals surface area (Å²) in [6.45, 7) is 10.4. The average Bonchev–Trinajstić information content (AvgIpc) is 2.66. The predicted molar refractivity (Wildman–Crippen MR) is 115 cm³/mol. The normalized spacial score (nSPS) is 12.1. The Morgan fingerprint density at radius 3 is 1.52 bits per heavy atom. The largest absolute Gasteiger partial charge is 0.458 e. The van der Waals surface area contributed by atoms with Crippen molar-refractivity contribution in [2.45, 2.75) is 53.6 Å². The molecule has 0 bridgehead atoms. The van der Waals surface area contributed by atoms with Gasteiger partial charge in [-0.2, -0.15) is 0 Å². The molecule has 156 valence electrons. The molecular formula is C25H32O4. The summed E-state index contributed by atoms with van der Waals surface area (Å²) in [4.78, 5) is 24.5. The quantitative estimate of drug-likeness (QED) is 0.526. The fourth-order valence-electron chi connectivity index (χ4n) is 3.06. The van der Waals surface area contributed by atoms with Crippen LogP contribution in [0, 0.1) is 11.8 Å². The number of ether oxygens (including phenoxy) is 2. The van der Waals surface area contributed by atoms with Crippen molar-refractivity contribution in [3.05, 3.63) is 70.8 Å². The molecule has 0 heterocycles. The van der Waals surface area contributed by atoms with E-state index in [1.807, 2.05) is 24.3 Å². The topological polar surface area (TPSA) is 52.6 Å². The van der Waals surface area contributed by atoms with Gasteiger partial charge in [0.05, 0.1) is 11.1 Å². The van der Waals surface area contributed by atoms with E-state index in [9.17, 15) is 9.59 Å².